The summed E-state index contributed by atoms with van der Waals surface area (Å²) in [5.74, 6) is 1.31. The first kappa shape index (κ1) is 30.2. The van der Waals surface area contributed by atoms with Crippen LogP contribution in [0.15, 0.2) is 182 Å². The first-order chi connectivity index (χ1) is 21.4. The Kier molecular flexibility index (Phi) is 9.81. The molecule has 0 unspecified atom stereocenters. The molecule has 0 aliphatic rings. The van der Waals surface area contributed by atoms with E-state index < -0.39 is 23.4 Å². The maximum absolute atomic E-state index is 2.41. The molecule has 0 atom stereocenters. The summed E-state index contributed by atoms with van der Waals surface area (Å²) in [5.41, 5.74) is 3.87. The molecule has 0 fully saturated rings. The fraction of sp³-hybridized carbons (Fsp3) is 0. The van der Waals surface area contributed by atoms with Gasteiger partial charge < -0.3 is 0 Å². The van der Waals surface area contributed by atoms with Gasteiger partial charge in [0.25, 0.3) is 0 Å². The molecule has 0 aromatic heterocycles. The van der Waals surface area contributed by atoms with Crippen LogP contribution in [0.2, 0.25) is 0 Å². The van der Waals surface area contributed by atoms with Crippen LogP contribution in [0.25, 0.3) is 10.8 Å². The van der Waals surface area contributed by atoms with Crippen molar-refractivity contribution in [3.05, 3.63) is 205 Å². The summed E-state index contributed by atoms with van der Waals surface area (Å²) in [5, 5.41) is 7.14. The van der Waals surface area contributed by atoms with Gasteiger partial charge >= 0.3 is 280 Å². The summed E-state index contributed by atoms with van der Waals surface area (Å²) in [6.07, 6.45) is 0. The van der Waals surface area contributed by atoms with E-state index in [1.807, 2.05) is 0 Å². The Hall–Kier alpha value is -3.84. The fourth-order valence-corrected chi connectivity index (χ4v) is 12.6. The van der Waals surface area contributed by atoms with Gasteiger partial charge in [-0.3, -0.25) is 0 Å². The van der Waals surface area contributed by atoms with Crippen LogP contribution in [0.1, 0.15) is 16.7 Å². The SMILES string of the molecule is [Cu+].c1ccc([C-](c2ccccc2)c2cccc[c]2[GeH][c]2cccc3cccc([PH+](c4ccccc4)c4ccccc4)c23)cc1. The van der Waals surface area contributed by atoms with Crippen molar-refractivity contribution in [2.24, 2.45) is 0 Å². The Morgan fingerprint density at radius 1 is 0.409 bits per heavy atom. The zero-order chi connectivity index (χ0) is 28.8. The second-order valence-corrected chi connectivity index (χ2v) is 16.4. The normalized spacial score (nSPS) is 10.8. The van der Waals surface area contributed by atoms with Crippen molar-refractivity contribution in [1.29, 1.82) is 0 Å². The van der Waals surface area contributed by atoms with Gasteiger partial charge in [-0.25, -0.2) is 0 Å². The number of hydrogen-bond donors (Lipinski definition) is 0. The van der Waals surface area contributed by atoms with Crippen LogP contribution >= 0.6 is 7.92 Å². The monoisotopic (exact) mass is 692 g/mol. The van der Waals surface area contributed by atoms with E-state index in [1.54, 1.807) is 0 Å². The summed E-state index contributed by atoms with van der Waals surface area (Å²) in [6.45, 7) is 0. The van der Waals surface area contributed by atoms with Crippen molar-refractivity contribution in [2.45, 2.75) is 0 Å². The number of fused-ring (bicyclic) bond motifs is 1. The molecule has 0 amide bonds. The van der Waals surface area contributed by atoms with Gasteiger partial charge in [0.05, 0.1) is 0 Å². The van der Waals surface area contributed by atoms with E-state index >= 15 is 0 Å². The molecule has 7 aromatic carbocycles. The number of benzene rings is 7. The van der Waals surface area contributed by atoms with Gasteiger partial charge in [0, 0.05) is 0 Å². The van der Waals surface area contributed by atoms with Crippen LogP contribution < -0.4 is 24.7 Å². The van der Waals surface area contributed by atoms with Crippen LogP contribution in [0.5, 0.6) is 0 Å². The van der Waals surface area contributed by atoms with Gasteiger partial charge in [-0.05, 0) is 0 Å². The molecule has 0 aliphatic heterocycles. The van der Waals surface area contributed by atoms with Crippen LogP contribution in [-0.4, -0.2) is 15.4 Å². The van der Waals surface area contributed by atoms with Crippen LogP contribution in [0.4, 0.5) is 0 Å². The van der Waals surface area contributed by atoms with Gasteiger partial charge in [0.1, 0.15) is 0 Å². The van der Waals surface area contributed by atoms with E-state index in [4.69, 9.17) is 0 Å². The number of rotatable bonds is 8. The molecule has 0 heterocycles. The third-order valence-electron chi connectivity index (χ3n) is 8.00. The Balaban J connectivity index is 0.00000343. The molecule has 0 saturated heterocycles. The zero-order valence-corrected chi connectivity index (χ0v) is 28.6. The van der Waals surface area contributed by atoms with E-state index in [9.17, 15) is 0 Å². The summed E-state index contributed by atoms with van der Waals surface area (Å²) in [6, 6.07) is 67.1. The van der Waals surface area contributed by atoms with Gasteiger partial charge in [-0.1, -0.05) is 0 Å². The standard InChI is InChI=1S/C41H31GeP.Cu/c1-5-17-31(18-6-1)40(32-19-7-2-8-20-32)36-27-13-14-28-37(36)42-38-29-15-21-33-22-16-30-39(41(33)38)43(34-23-9-3-10-24-34)35-25-11-4-12-26-35;/h1-30,42H;/q-1;+1/p+1. The minimum atomic E-state index is -1.21. The molecule has 7 aromatic rings. The van der Waals surface area contributed by atoms with Crippen molar-refractivity contribution < 1.29 is 17.1 Å². The molecule has 0 bridgehead atoms. The van der Waals surface area contributed by atoms with E-state index in [0.717, 1.165) is 0 Å². The predicted molar refractivity (Wildman–Crippen MR) is 190 cm³/mol. The van der Waals surface area contributed by atoms with E-state index in [0.29, 0.717) is 0 Å². The van der Waals surface area contributed by atoms with Crippen molar-refractivity contribution in [3.63, 3.8) is 0 Å². The Labute approximate surface area is 278 Å². The summed E-state index contributed by atoms with van der Waals surface area (Å²) < 4.78 is 3.02. The van der Waals surface area contributed by atoms with Gasteiger partial charge in [-0.2, -0.15) is 0 Å². The molecule has 7 rings (SSSR count). The fourth-order valence-electron chi connectivity index (χ4n) is 6.09. The molecule has 0 spiro atoms. The van der Waals surface area contributed by atoms with E-state index in [2.05, 4.69) is 182 Å². The average Bonchev–Trinajstić information content (AvgIpc) is 3.08. The van der Waals surface area contributed by atoms with Crippen LogP contribution in [-0.2, 0) is 17.1 Å². The Morgan fingerprint density at radius 3 is 1.43 bits per heavy atom. The molecule has 0 N–H and O–H groups in total. The molecule has 44 heavy (non-hydrogen) atoms. The van der Waals surface area contributed by atoms with Gasteiger partial charge in [0.15, 0.2) is 0 Å². The van der Waals surface area contributed by atoms with Crippen molar-refractivity contribution in [2.75, 3.05) is 0 Å². The molecule has 215 valence electrons. The van der Waals surface area contributed by atoms with Gasteiger partial charge in [-0.15, -0.1) is 0 Å². The zero-order valence-electron chi connectivity index (χ0n) is 24.2. The van der Waals surface area contributed by atoms with Crippen molar-refractivity contribution in [1.82, 2.24) is 0 Å². The summed E-state index contributed by atoms with van der Waals surface area (Å²) in [4.78, 5) is 0. The topological polar surface area (TPSA) is 0 Å². The van der Waals surface area contributed by atoms with Crippen molar-refractivity contribution >= 4 is 58.8 Å². The first-order valence-corrected chi connectivity index (χ1v) is 18.7. The molecule has 0 aliphatic carbocycles. The third-order valence-corrected chi connectivity index (χ3v) is 14.1. The quantitative estimate of drug-likeness (QED) is 0.0718. The summed E-state index contributed by atoms with van der Waals surface area (Å²) >= 11 is -1.07. The molecule has 0 saturated carbocycles. The molecule has 0 nitrogen and oxygen atoms in total. The second kappa shape index (κ2) is 14.3. The van der Waals surface area contributed by atoms with Crippen LogP contribution in [0, 0.1) is 5.92 Å². The first-order valence-electron chi connectivity index (χ1n) is 14.8. The third kappa shape index (κ3) is 6.34. The molecule has 1 radical (unpaired) electrons. The average molecular weight is 692 g/mol. The van der Waals surface area contributed by atoms with Crippen molar-refractivity contribution in [3.8, 4) is 0 Å². The predicted octanol–water partition coefficient (Wildman–Crippen LogP) is 6.73. The molecular formula is C41H32CuGeP+. The molecular weight excluding hydrogens is 660 g/mol. The Morgan fingerprint density at radius 2 is 0.864 bits per heavy atom. The second-order valence-electron chi connectivity index (χ2n) is 10.7. The maximum atomic E-state index is 2.41. The van der Waals surface area contributed by atoms with E-state index in [1.165, 1.54) is 58.1 Å². The van der Waals surface area contributed by atoms with Crippen LogP contribution in [0.3, 0.4) is 0 Å². The summed E-state index contributed by atoms with van der Waals surface area (Å²) in [7, 11) is -1.21. The minimum absolute atomic E-state index is 0. The number of hydrogen-bond acceptors (Lipinski definition) is 0. The van der Waals surface area contributed by atoms with Gasteiger partial charge in [0.2, 0.25) is 0 Å². The Bertz CT molecular complexity index is 1860. The molecule has 3 heteroatoms. The van der Waals surface area contributed by atoms with E-state index in [-0.39, 0.29) is 17.1 Å².